The van der Waals surface area contributed by atoms with Gasteiger partial charge in [0.25, 0.3) is 0 Å². The standard InChI is InChI=1S/C28H40N6O5/c1-28(2,3)39-27(38)32-17-15-19-11-13-21(14-12-19)33-25(36)23(10-7-16-31-26(30)37)34-24(35)22(29)18-20-8-5-4-6-9-20/h4-6,8-9,11-14,22-23H,7,10,15-18,29H2,1-3H3,(H,32,38)(H,33,36)(H,34,35)(H3,30,31,37)/t22-,23?/m1/s1. The summed E-state index contributed by atoms with van der Waals surface area (Å²) in [4.78, 5) is 48.6. The van der Waals surface area contributed by atoms with Gasteiger partial charge in [0.15, 0.2) is 0 Å². The number of hydrogen-bond acceptors (Lipinski definition) is 6. The van der Waals surface area contributed by atoms with Gasteiger partial charge in [-0.1, -0.05) is 42.5 Å². The third-order valence-electron chi connectivity index (χ3n) is 5.54. The molecule has 0 spiro atoms. The van der Waals surface area contributed by atoms with Crippen LogP contribution in [0.5, 0.6) is 0 Å². The first kappa shape index (κ1) is 31.1. The fourth-order valence-electron chi connectivity index (χ4n) is 3.63. The van der Waals surface area contributed by atoms with Crippen molar-refractivity contribution in [3.63, 3.8) is 0 Å². The molecule has 0 aromatic heterocycles. The molecule has 8 N–H and O–H groups in total. The summed E-state index contributed by atoms with van der Waals surface area (Å²) < 4.78 is 5.22. The summed E-state index contributed by atoms with van der Waals surface area (Å²) in [5, 5.41) is 10.7. The van der Waals surface area contributed by atoms with E-state index in [1.807, 2.05) is 42.5 Å². The molecule has 0 aliphatic rings. The van der Waals surface area contributed by atoms with Crippen LogP contribution in [0.4, 0.5) is 15.3 Å². The molecular formula is C28H40N6O5. The number of primary amides is 1. The molecule has 0 saturated heterocycles. The molecule has 0 bridgehead atoms. The molecule has 2 rings (SSSR count). The predicted molar refractivity (Wildman–Crippen MR) is 150 cm³/mol. The van der Waals surface area contributed by atoms with Crippen LogP contribution >= 0.6 is 0 Å². The number of alkyl carbamates (subject to hydrolysis) is 1. The minimum absolute atomic E-state index is 0.261. The summed E-state index contributed by atoms with van der Waals surface area (Å²) >= 11 is 0. The minimum atomic E-state index is -0.869. The third-order valence-corrected chi connectivity index (χ3v) is 5.54. The van der Waals surface area contributed by atoms with E-state index in [1.54, 1.807) is 32.9 Å². The van der Waals surface area contributed by atoms with E-state index in [9.17, 15) is 19.2 Å². The number of urea groups is 1. The molecule has 1 unspecified atom stereocenters. The maximum Gasteiger partial charge on any atom is 0.407 e. The number of carbonyl (C=O) groups is 4. The van der Waals surface area contributed by atoms with Crippen LogP contribution in [0.3, 0.4) is 0 Å². The third kappa shape index (κ3) is 12.8. The predicted octanol–water partition coefficient (Wildman–Crippen LogP) is 2.20. The van der Waals surface area contributed by atoms with Gasteiger partial charge in [-0.25, -0.2) is 9.59 Å². The molecule has 0 radical (unpaired) electrons. The van der Waals surface area contributed by atoms with Crippen molar-refractivity contribution in [1.29, 1.82) is 0 Å². The van der Waals surface area contributed by atoms with E-state index in [-0.39, 0.29) is 13.0 Å². The second-order valence-corrected chi connectivity index (χ2v) is 10.2. The Balaban J connectivity index is 1.94. The van der Waals surface area contributed by atoms with Crippen LogP contribution in [0.1, 0.15) is 44.7 Å². The zero-order chi connectivity index (χ0) is 28.8. The number of anilines is 1. The van der Waals surface area contributed by atoms with Crippen molar-refractivity contribution in [1.82, 2.24) is 16.0 Å². The second-order valence-electron chi connectivity index (χ2n) is 10.2. The van der Waals surface area contributed by atoms with E-state index < -0.39 is 41.6 Å². The highest BCUT2D eigenvalue weighted by Gasteiger charge is 2.24. The summed E-state index contributed by atoms with van der Waals surface area (Å²) in [6.07, 6.45) is 1.12. The fourth-order valence-corrected chi connectivity index (χ4v) is 3.63. The highest BCUT2D eigenvalue weighted by molar-refractivity contribution is 5.97. The van der Waals surface area contributed by atoms with Gasteiger partial charge in [-0.2, -0.15) is 0 Å². The highest BCUT2D eigenvalue weighted by atomic mass is 16.6. The molecule has 11 nitrogen and oxygen atoms in total. The van der Waals surface area contributed by atoms with E-state index in [0.29, 0.717) is 31.5 Å². The van der Waals surface area contributed by atoms with Gasteiger partial charge < -0.3 is 37.5 Å². The van der Waals surface area contributed by atoms with Crippen molar-refractivity contribution >= 4 is 29.6 Å². The van der Waals surface area contributed by atoms with Crippen molar-refractivity contribution in [2.24, 2.45) is 11.5 Å². The van der Waals surface area contributed by atoms with Crippen LogP contribution in [0.25, 0.3) is 0 Å². The summed E-state index contributed by atoms with van der Waals surface area (Å²) in [6.45, 7) is 6.06. The molecule has 2 aromatic carbocycles. The van der Waals surface area contributed by atoms with Gasteiger partial charge in [0, 0.05) is 18.8 Å². The number of benzene rings is 2. The molecule has 0 aliphatic carbocycles. The topological polar surface area (TPSA) is 178 Å². The maximum absolute atomic E-state index is 13.1. The van der Waals surface area contributed by atoms with E-state index in [0.717, 1.165) is 11.1 Å². The number of hydrogen-bond donors (Lipinski definition) is 6. The van der Waals surface area contributed by atoms with Gasteiger partial charge in [0.1, 0.15) is 11.6 Å². The summed E-state index contributed by atoms with van der Waals surface area (Å²) in [5.41, 5.74) is 13.1. The maximum atomic E-state index is 13.1. The lowest BCUT2D eigenvalue weighted by molar-refractivity contribution is -0.127. The molecule has 39 heavy (non-hydrogen) atoms. The second kappa shape index (κ2) is 15.3. The number of ether oxygens (including phenoxy) is 1. The van der Waals surface area contributed by atoms with Gasteiger partial charge >= 0.3 is 12.1 Å². The number of nitrogens with two attached hydrogens (primary N) is 2. The first-order valence-corrected chi connectivity index (χ1v) is 12.9. The van der Waals surface area contributed by atoms with Crippen LogP contribution in [0.15, 0.2) is 54.6 Å². The molecule has 11 heteroatoms. The lowest BCUT2D eigenvalue weighted by Gasteiger charge is -2.21. The summed E-state index contributed by atoms with van der Waals surface area (Å²) in [6, 6.07) is 14.2. The SMILES string of the molecule is CC(C)(C)OC(=O)NCCc1ccc(NC(=O)C(CCCNC(N)=O)NC(=O)[C@H](N)Cc2ccccc2)cc1. The zero-order valence-electron chi connectivity index (χ0n) is 22.8. The average molecular weight is 541 g/mol. The Hall–Kier alpha value is -4.12. The van der Waals surface area contributed by atoms with Crippen LogP contribution < -0.4 is 32.7 Å². The van der Waals surface area contributed by atoms with Gasteiger partial charge in [-0.15, -0.1) is 0 Å². The van der Waals surface area contributed by atoms with Crippen LogP contribution in [-0.4, -0.2) is 54.7 Å². The largest absolute Gasteiger partial charge is 0.444 e. The summed E-state index contributed by atoms with van der Waals surface area (Å²) in [5.74, 6) is -0.858. The van der Waals surface area contributed by atoms with Crippen molar-refractivity contribution in [2.45, 2.75) is 64.1 Å². The first-order valence-electron chi connectivity index (χ1n) is 12.9. The van der Waals surface area contributed by atoms with E-state index >= 15 is 0 Å². The quantitative estimate of drug-likeness (QED) is 0.212. The Morgan fingerprint density at radius 2 is 1.54 bits per heavy atom. The molecular weight excluding hydrogens is 500 g/mol. The monoisotopic (exact) mass is 540 g/mol. The van der Waals surface area contributed by atoms with Gasteiger partial charge in [0.05, 0.1) is 6.04 Å². The average Bonchev–Trinajstić information content (AvgIpc) is 2.86. The highest BCUT2D eigenvalue weighted by Crippen LogP contribution is 2.12. The summed E-state index contributed by atoms with van der Waals surface area (Å²) in [7, 11) is 0. The first-order chi connectivity index (χ1) is 18.4. The molecule has 0 aliphatic heterocycles. The Morgan fingerprint density at radius 3 is 2.15 bits per heavy atom. The number of amides is 5. The number of carbonyl (C=O) groups excluding carboxylic acids is 4. The van der Waals surface area contributed by atoms with Gasteiger partial charge in [-0.05, 0) is 69.7 Å². The number of nitrogens with one attached hydrogen (secondary N) is 4. The molecule has 212 valence electrons. The van der Waals surface area contributed by atoms with Crippen LogP contribution in [0.2, 0.25) is 0 Å². The number of rotatable bonds is 13. The Kier molecular flexibility index (Phi) is 12.2. The van der Waals surface area contributed by atoms with Crippen molar-refractivity contribution in [3.8, 4) is 0 Å². The molecule has 0 saturated carbocycles. The Labute approximate surface area is 229 Å². The lowest BCUT2D eigenvalue weighted by atomic mass is 10.0. The molecule has 2 aromatic rings. The van der Waals surface area contributed by atoms with Crippen LogP contribution in [-0.2, 0) is 27.2 Å². The van der Waals surface area contributed by atoms with E-state index in [1.165, 1.54) is 0 Å². The van der Waals surface area contributed by atoms with E-state index in [2.05, 4.69) is 21.3 Å². The normalized spacial score (nSPS) is 12.5. The van der Waals surface area contributed by atoms with Crippen molar-refractivity contribution in [2.75, 3.05) is 18.4 Å². The lowest BCUT2D eigenvalue weighted by Crippen LogP contribution is -2.50. The molecule has 5 amide bonds. The van der Waals surface area contributed by atoms with Crippen molar-refractivity contribution in [3.05, 3.63) is 65.7 Å². The van der Waals surface area contributed by atoms with Crippen molar-refractivity contribution < 1.29 is 23.9 Å². The molecule has 0 fully saturated rings. The van der Waals surface area contributed by atoms with Crippen LogP contribution in [0, 0.1) is 0 Å². The van der Waals surface area contributed by atoms with Gasteiger partial charge in [-0.3, -0.25) is 9.59 Å². The Morgan fingerprint density at radius 1 is 0.872 bits per heavy atom. The minimum Gasteiger partial charge on any atom is -0.444 e. The van der Waals surface area contributed by atoms with E-state index in [4.69, 9.17) is 16.2 Å². The fraction of sp³-hybridized carbons (Fsp3) is 0.429. The zero-order valence-corrected chi connectivity index (χ0v) is 22.8. The Bertz CT molecular complexity index is 1090. The van der Waals surface area contributed by atoms with Gasteiger partial charge in [0.2, 0.25) is 11.8 Å². The smallest absolute Gasteiger partial charge is 0.407 e. The molecule has 2 atom stereocenters. The molecule has 0 heterocycles.